The highest BCUT2D eigenvalue weighted by atomic mass is 32.2. The van der Waals surface area contributed by atoms with Crippen molar-refractivity contribution in [3.63, 3.8) is 0 Å². The van der Waals surface area contributed by atoms with Crippen molar-refractivity contribution in [1.82, 2.24) is 25.2 Å². The molecule has 1 N–H and O–H groups in total. The van der Waals surface area contributed by atoms with Gasteiger partial charge in [0.15, 0.2) is 11.0 Å². The van der Waals surface area contributed by atoms with E-state index in [9.17, 15) is 4.79 Å². The van der Waals surface area contributed by atoms with E-state index in [0.717, 1.165) is 28.3 Å². The Morgan fingerprint density at radius 2 is 1.92 bits per heavy atom. The maximum absolute atomic E-state index is 12.6. The lowest BCUT2D eigenvalue weighted by molar-refractivity contribution is -0.118. The average Bonchev–Trinajstić information content (AvgIpc) is 3.35. The topological polar surface area (TPSA) is 104 Å². The van der Waals surface area contributed by atoms with Gasteiger partial charge in [-0.2, -0.15) is 5.10 Å². The van der Waals surface area contributed by atoms with E-state index in [1.54, 1.807) is 19.5 Å². The molecule has 0 radical (unpaired) electrons. The first kappa shape index (κ1) is 24.9. The van der Waals surface area contributed by atoms with Gasteiger partial charge in [0, 0.05) is 29.2 Å². The molecule has 0 fully saturated rings. The van der Waals surface area contributed by atoms with E-state index >= 15 is 0 Å². The minimum Gasteiger partial charge on any atom is -0.497 e. The fraction of sp³-hybridized carbons (Fsp3) is 0.192. The van der Waals surface area contributed by atoms with Gasteiger partial charge in [-0.05, 0) is 62.4 Å². The highest BCUT2D eigenvalue weighted by Gasteiger charge is 2.17. The van der Waals surface area contributed by atoms with Crippen LogP contribution < -0.4 is 14.9 Å². The summed E-state index contributed by atoms with van der Waals surface area (Å²) in [6.07, 6.45) is 3.43. The normalized spacial score (nSPS) is 11.2. The number of thioether (sulfide) groups is 1. The van der Waals surface area contributed by atoms with Crippen molar-refractivity contribution < 1.29 is 14.3 Å². The fourth-order valence-electron chi connectivity index (χ4n) is 3.36. The molecule has 1 amide bonds. The SMILES string of the molecule is CCOc1ccc(-n2c(SCC(=O)N/N=C(\C)c3cccc(OC)c3)nnc2-c2cccnc2)cc1. The molecule has 4 aromatic rings. The molecule has 36 heavy (non-hydrogen) atoms. The van der Waals surface area contributed by atoms with Gasteiger partial charge in [0.25, 0.3) is 5.91 Å². The van der Waals surface area contributed by atoms with Crippen LogP contribution in [0.15, 0.2) is 83.3 Å². The molecular formula is C26H26N6O3S. The van der Waals surface area contributed by atoms with Crippen LogP contribution in [0.5, 0.6) is 11.5 Å². The van der Waals surface area contributed by atoms with Crippen molar-refractivity contribution in [1.29, 1.82) is 0 Å². The largest absolute Gasteiger partial charge is 0.497 e. The van der Waals surface area contributed by atoms with Crippen LogP contribution in [0.4, 0.5) is 0 Å². The van der Waals surface area contributed by atoms with Crippen molar-refractivity contribution in [2.75, 3.05) is 19.5 Å². The zero-order valence-corrected chi connectivity index (χ0v) is 21.0. The molecule has 0 aliphatic rings. The number of nitrogens with zero attached hydrogens (tertiary/aromatic N) is 5. The quantitative estimate of drug-likeness (QED) is 0.195. The van der Waals surface area contributed by atoms with Crippen molar-refractivity contribution in [3.05, 3.63) is 78.6 Å². The summed E-state index contributed by atoms with van der Waals surface area (Å²) in [5.41, 5.74) is 5.80. The van der Waals surface area contributed by atoms with Crippen molar-refractivity contribution >= 4 is 23.4 Å². The van der Waals surface area contributed by atoms with E-state index in [0.29, 0.717) is 23.3 Å². The van der Waals surface area contributed by atoms with Gasteiger partial charge in [-0.3, -0.25) is 14.3 Å². The van der Waals surface area contributed by atoms with Crippen molar-refractivity contribution in [2.45, 2.75) is 19.0 Å². The number of hydrogen-bond acceptors (Lipinski definition) is 8. The highest BCUT2D eigenvalue weighted by molar-refractivity contribution is 7.99. The second kappa shape index (κ2) is 12.0. The fourth-order valence-corrected chi connectivity index (χ4v) is 4.10. The van der Waals surface area contributed by atoms with Gasteiger partial charge in [0.2, 0.25) is 0 Å². The number of pyridine rings is 1. The van der Waals surface area contributed by atoms with E-state index in [1.807, 2.05) is 79.1 Å². The van der Waals surface area contributed by atoms with Crippen LogP contribution in [0.25, 0.3) is 17.1 Å². The maximum Gasteiger partial charge on any atom is 0.250 e. The number of benzene rings is 2. The van der Waals surface area contributed by atoms with Crippen molar-refractivity contribution in [3.8, 4) is 28.6 Å². The Morgan fingerprint density at radius 1 is 1.08 bits per heavy atom. The van der Waals surface area contributed by atoms with Gasteiger partial charge in [0.1, 0.15) is 11.5 Å². The van der Waals surface area contributed by atoms with E-state index < -0.39 is 0 Å². The molecule has 10 heteroatoms. The molecule has 0 atom stereocenters. The number of ether oxygens (including phenoxy) is 2. The first-order valence-electron chi connectivity index (χ1n) is 11.3. The lowest BCUT2D eigenvalue weighted by Crippen LogP contribution is -2.21. The summed E-state index contributed by atoms with van der Waals surface area (Å²) in [5, 5.41) is 13.5. The smallest absolute Gasteiger partial charge is 0.250 e. The van der Waals surface area contributed by atoms with Crippen LogP contribution in [0.1, 0.15) is 19.4 Å². The van der Waals surface area contributed by atoms with E-state index in [-0.39, 0.29) is 11.7 Å². The third-order valence-corrected chi connectivity index (χ3v) is 6.06. The monoisotopic (exact) mass is 502 g/mol. The third kappa shape index (κ3) is 6.08. The Bertz CT molecular complexity index is 1340. The Kier molecular flexibility index (Phi) is 8.30. The number of rotatable bonds is 10. The van der Waals surface area contributed by atoms with Gasteiger partial charge < -0.3 is 9.47 Å². The van der Waals surface area contributed by atoms with Crippen LogP contribution in [-0.4, -0.2) is 50.8 Å². The molecule has 184 valence electrons. The highest BCUT2D eigenvalue weighted by Crippen LogP contribution is 2.28. The van der Waals surface area contributed by atoms with Gasteiger partial charge in [0.05, 0.1) is 25.2 Å². The molecule has 9 nitrogen and oxygen atoms in total. The molecule has 0 aliphatic carbocycles. The minimum absolute atomic E-state index is 0.108. The number of amides is 1. The molecule has 2 aromatic carbocycles. The van der Waals surface area contributed by atoms with Gasteiger partial charge in [-0.1, -0.05) is 23.9 Å². The van der Waals surface area contributed by atoms with Gasteiger partial charge in [-0.25, -0.2) is 5.43 Å². The predicted molar refractivity (Wildman–Crippen MR) is 140 cm³/mol. The number of carbonyl (C=O) groups is 1. The maximum atomic E-state index is 12.6. The lowest BCUT2D eigenvalue weighted by Gasteiger charge is -2.11. The van der Waals surface area contributed by atoms with Crippen LogP contribution in [0, 0.1) is 0 Å². The average molecular weight is 503 g/mol. The van der Waals surface area contributed by atoms with E-state index in [2.05, 4.69) is 25.7 Å². The third-order valence-electron chi connectivity index (χ3n) is 5.13. The Morgan fingerprint density at radius 3 is 2.64 bits per heavy atom. The molecule has 0 saturated carbocycles. The summed E-state index contributed by atoms with van der Waals surface area (Å²) >= 11 is 1.27. The van der Waals surface area contributed by atoms with Crippen molar-refractivity contribution in [2.24, 2.45) is 5.10 Å². The van der Waals surface area contributed by atoms with Crippen LogP contribution >= 0.6 is 11.8 Å². The Labute approximate surface area is 213 Å². The van der Waals surface area contributed by atoms with E-state index in [4.69, 9.17) is 9.47 Å². The minimum atomic E-state index is -0.258. The number of nitrogens with one attached hydrogen (secondary N) is 1. The number of hydrazone groups is 1. The van der Waals surface area contributed by atoms with E-state index in [1.165, 1.54) is 11.8 Å². The molecule has 0 saturated heterocycles. The van der Waals surface area contributed by atoms with Gasteiger partial charge >= 0.3 is 0 Å². The predicted octanol–water partition coefficient (Wildman–Crippen LogP) is 4.37. The van der Waals surface area contributed by atoms with Crippen LogP contribution in [-0.2, 0) is 4.79 Å². The standard InChI is InChI=1S/C26H26N6O3S/c1-4-35-22-12-10-21(11-13-22)32-25(20-8-6-14-27-16-20)30-31-26(32)36-17-24(33)29-28-18(2)19-7-5-9-23(15-19)34-3/h5-16H,4,17H2,1-3H3,(H,29,33)/b28-18+. The molecule has 0 bridgehead atoms. The first-order chi connectivity index (χ1) is 17.6. The zero-order chi connectivity index (χ0) is 25.3. The zero-order valence-electron chi connectivity index (χ0n) is 20.2. The Hall–Kier alpha value is -4.18. The molecule has 2 aromatic heterocycles. The summed E-state index contributed by atoms with van der Waals surface area (Å²) in [5.74, 6) is 1.97. The molecule has 2 heterocycles. The molecular weight excluding hydrogens is 476 g/mol. The second-order valence-electron chi connectivity index (χ2n) is 7.56. The summed E-state index contributed by atoms with van der Waals surface area (Å²) in [7, 11) is 1.61. The lowest BCUT2D eigenvalue weighted by atomic mass is 10.1. The Balaban J connectivity index is 1.51. The second-order valence-corrected chi connectivity index (χ2v) is 8.51. The first-order valence-corrected chi connectivity index (χ1v) is 12.3. The molecule has 0 unspecified atom stereocenters. The number of hydrogen-bond donors (Lipinski definition) is 1. The van der Waals surface area contributed by atoms with Crippen LogP contribution in [0.3, 0.4) is 0 Å². The molecule has 0 spiro atoms. The summed E-state index contributed by atoms with van der Waals surface area (Å²) in [6, 6.07) is 18.9. The summed E-state index contributed by atoms with van der Waals surface area (Å²) in [4.78, 5) is 16.8. The summed E-state index contributed by atoms with van der Waals surface area (Å²) in [6.45, 7) is 4.35. The number of methoxy groups -OCH3 is 1. The number of aromatic nitrogens is 4. The van der Waals surface area contributed by atoms with Gasteiger partial charge in [-0.15, -0.1) is 10.2 Å². The number of carbonyl (C=O) groups excluding carboxylic acids is 1. The summed E-state index contributed by atoms with van der Waals surface area (Å²) < 4.78 is 12.7. The van der Waals surface area contributed by atoms with Crippen LogP contribution in [0.2, 0.25) is 0 Å². The molecule has 4 rings (SSSR count). The molecule has 0 aliphatic heterocycles.